The van der Waals surface area contributed by atoms with Crippen LogP contribution < -0.4 is 15.9 Å². The van der Waals surface area contributed by atoms with Gasteiger partial charge in [0.25, 0.3) is 0 Å². The summed E-state index contributed by atoms with van der Waals surface area (Å²) < 4.78 is 19.8. The first-order valence-electron chi connectivity index (χ1n) is 18.2. The number of ether oxygens (including phenoxy) is 1. The molecule has 2 aliphatic heterocycles. The third-order valence-electron chi connectivity index (χ3n) is 9.81. The minimum absolute atomic E-state index is 0.591. The number of hydrogen-bond donors (Lipinski definition) is 0. The second-order valence-electron chi connectivity index (χ2n) is 13.3. The first kappa shape index (κ1) is 38.2. The molecule has 0 atom stereocenters. The van der Waals surface area contributed by atoms with Gasteiger partial charge in [-0.15, -0.1) is 0 Å². The van der Waals surface area contributed by atoms with Gasteiger partial charge in [-0.05, 0) is 19.9 Å². The van der Waals surface area contributed by atoms with E-state index in [9.17, 15) is 0 Å². The molecule has 275 valence electrons. The molecule has 9 heteroatoms. The summed E-state index contributed by atoms with van der Waals surface area (Å²) in [7, 11) is -2.48. The molecule has 6 aromatic rings. The molecular formula is C46H39N2OOsPS4+. The third-order valence-corrected chi connectivity index (χ3v) is 19.7. The average Bonchev–Trinajstić information content (AvgIpc) is 4.06. The molecule has 1 saturated heterocycles. The SMILES string of the molecule is C/C=C/c1sc(-c2sc(-c3cc(C)c(C(C=C4COCC4=CCC)=C([C]#[Os])[P+](c4ccccc4)(c4ccccc4)c4ccccc4)s3)c3c2N=S=N3)cc1C. The maximum atomic E-state index is 6.15. The van der Waals surface area contributed by atoms with Crippen molar-refractivity contribution in [1.82, 2.24) is 0 Å². The summed E-state index contributed by atoms with van der Waals surface area (Å²) in [5.41, 5.74) is 8.25. The van der Waals surface area contributed by atoms with Gasteiger partial charge in [0.2, 0.25) is 0 Å². The summed E-state index contributed by atoms with van der Waals surface area (Å²) >= 11 is 8.66. The number of thiophene rings is 3. The number of nitrogens with zero attached hydrogens (tertiary/aromatic N) is 2. The minimum Gasteiger partial charge on any atom is -0.0383 e. The van der Waals surface area contributed by atoms with Crippen LogP contribution in [0, 0.1) is 18.2 Å². The Morgan fingerprint density at radius 2 is 1.31 bits per heavy atom. The summed E-state index contributed by atoms with van der Waals surface area (Å²) in [5.74, 6) is 0. The quantitative estimate of drug-likeness (QED) is 0.126. The maximum absolute atomic E-state index is 6.15. The molecule has 0 N–H and O–H groups in total. The predicted molar refractivity (Wildman–Crippen MR) is 240 cm³/mol. The Hall–Kier alpha value is -3.65. The topological polar surface area (TPSA) is 34.0 Å². The van der Waals surface area contributed by atoms with Crippen LogP contribution in [0.4, 0.5) is 11.4 Å². The van der Waals surface area contributed by atoms with Crippen molar-refractivity contribution in [3.63, 3.8) is 0 Å². The zero-order valence-electron chi connectivity index (χ0n) is 31.0. The summed E-state index contributed by atoms with van der Waals surface area (Å²) in [5, 5.41) is 5.15. The van der Waals surface area contributed by atoms with Crippen molar-refractivity contribution in [2.75, 3.05) is 13.2 Å². The van der Waals surface area contributed by atoms with Crippen LogP contribution in [0.2, 0.25) is 0 Å². The van der Waals surface area contributed by atoms with E-state index in [-0.39, 0.29) is 0 Å². The Morgan fingerprint density at radius 3 is 1.85 bits per heavy atom. The molecule has 0 saturated carbocycles. The standard InChI is InChI=1S/C46H39N2OPS4.Os/c1-6-17-33-28-49-29-34(33)27-38(32(5)50(35-19-11-8-12-20-35,36-21-13-9-14-22-36)37-23-15-10-16-24-37)44-31(4)26-41(52-44)46-43-42(47-54-48-43)45(53-46)40-25-30(3)39(51-40)18-7-2;/h7-27H,6,28-29H2,1-4H3;/q+1;/b18-7+,33-17?,34-27?,38-32?;. The van der Waals surface area contributed by atoms with Crippen LogP contribution in [0.15, 0.2) is 147 Å². The molecular weight excluding hydrogens is 946 g/mol. The van der Waals surface area contributed by atoms with Crippen molar-refractivity contribution in [2.24, 2.45) is 8.73 Å². The predicted octanol–water partition coefficient (Wildman–Crippen LogP) is 13.1. The second-order valence-corrected chi connectivity index (χ2v) is 21.0. The molecule has 2 aliphatic rings. The molecule has 0 spiro atoms. The number of hydrogen-bond acceptors (Lipinski definition) is 6. The van der Waals surface area contributed by atoms with Gasteiger partial charge in [-0.25, -0.2) is 0 Å². The van der Waals surface area contributed by atoms with Gasteiger partial charge in [0.1, 0.15) is 0 Å². The van der Waals surface area contributed by atoms with E-state index in [1.807, 2.05) is 52.0 Å². The van der Waals surface area contributed by atoms with E-state index in [1.54, 1.807) is 0 Å². The van der Waals surface area contributed by atoms with Crippen LogP contribution in [0.3, 0.4) is 0 Å². The van der Waals surface area contributed by atoms with Crippen molar-refractivity contribution in [1.29, 1.82) is 0 Å². The van der Waals surface area contributed by atoms with Gasteiger partial charge in [0.15, 0.2) is 0 Å². The zero-order valence-corrected chi connectivity index (χ0v) is 37.7. The minimum atomic E-state index is -2.48. The summed E-state index contributed by atoms with van der Waals surface area (Å²) in [4.78, 5) is 7.38. The summed E-state index contributed by atoms with van der Waals surface area (Å²) in [6.07, 6.45) is 10.0. The summed E-state index contributed by atoms with van der Waals surface area (Å²) in [6.45, 7) is 9.97. The Bertz CT molecular complexity index is 2540. The van der Waals surface area contributed by atoms with E-state index in [0.717, 1.165) is 17.8 Å². The van der Waals surface area contributed by atoms with E-state index in [2.05, 4.69) is 159 Å². The van der Waals surface area contributed by atoms with Crippen molar-refractivity contribution < 1.29 is 22.7 Å². The first-order valence-corrected chi connectivity index (χ1v) is 24.4. The molecule has 3 nitrogen and oxygen atoms in total. The molecule has 0 radical (unpaired) electrons. The number of allylic oxidation sites excluding steroid dienone is 5. The van der Waals surface area contributed by atoms with Gasteiger partial charge in [-0.2, -0.15) is 0 Å². The molecule has 0 amide bonds. The van der Waals surface area contributed by atoms with Crippen molar-refractivity contribution in [2.45, 2.75) is 34.1 Å². The van der Waals surface area contributed by atoms with Gasteiger partial charge in [-0.1, -0.05) is 6.08 Å². The monoisotopic (exact) mass is 986 g/mol. The Balaban J connectivity index is 1.42. The normalized spacial score (nSPS) is 15.9. The number of rotatable bonds is 10. The smallest absolute Gasteiger partial charge is 0.0383 e. The van der Waals surface area contributed by atoms with Gasteiger partial charge < -0.3 is 0 Å². The Kier molecular flexibility index (Phi) is 11.7. The van der Waals surface area contributed by atoms with E-state index in [4.69, 9.17) is 13.5 Å². The average molecular weight is 985 g/mol. The van der Waals surface area contributed by atoms with Gasteiger partial charge in [0, 0.05) is 0 Å². The van der Waals surface area contributed by atoms with Crippen molar-refractivity contribution in [3.8, 4) is 23.9 Å². The van der Waals surface area contributed by atoms with Crippen molar-refractivity contribution >= 4 is 91.6 Å². The molecule has 5 heterocycles. The fourth-order valence-corrected chi connectivity index (χ4v) is 17.6. The summed E-state index contributed by atoms with van der Waals surface area (Å²) in [6, 6.07) is 38.1. The second kappa shape index (κ2) is 16.8. The van der Waals surface area contributed by atoms with E-state index < -0.39 is 7.26 Å². The van der Waals surface area contributed by atoms with E-state index in [0.29, 0.717) is 13.2 Å². The number of fused-ring (bicyclic) bond motifs is 1. The Labute approximate surface area is 350 Å². The zero-order chi connectivity index (χ0) is 37.9. The Morgan fingerprint density at radius 1 is 0.764 bits per heavy atom. The third kappa shape index (κ3) is 7.14. The van der Waals surface area contributed by atoms with Crippen LogP contribution in [-0.2, 0) is 34.0 Å². The van der Waals surface area contributed by atoms with Crippen molar-refractivity contribution in [3.05, 3.63) is 159 Å². The molecule has 8 rings (SSSR count). The fraction of sp³-hybridized carbons (Fsp3) is 0.152. The van der Waals surface area contributed by atoms with Gasteiger partial charge in [-0.3, -0.25) is 0 Å². The van der Waals surface area contributed by atoms with Crippen LogP contribution in [0.1, 0.15) is 41.1 Å². The molecule has 0 unspecified atom stereocenters. The van der Waals surface area contributed by atoms with E-state index in [1.165, 1.54) is 89.7 Å². The van der Waals surface area contributed by atoms with Crippen LogP contribution in [-0.4, -0.2) is 13.2 Å². The molecule has 0 bridgehead atoms. The first-order chi connectivity index (χ1) is 27.0. The molecule has 0 aliphatic carbocycles. The number of aryl methyl sites for hydroxylation is 2. The molecule has 3 aromatic heterocycles. The molecule has 1 fully saturated rings. The molecule has 3 aromatic carbocycles. The van der Waals surface area contributed by atoms with Crippen LogP contribution in [0.5, 0.6) is 0 Å². The van der Waals surface area contributed by atoms with Crippen LogP contribution >= 0.6 is 41.3 Å². The van der Waals surface area contributed by atoms with Gasteiger partial charge >= 0.3 is 327 Å². The fourth-order valence-electron chi connectivity index (χ4n) is 7.33. The van der Waals surface area contributed by atoms with Crippen LogP contribution in [0.25, 0.3) is 31.2 Å². The van der Waals surface area contributed by atoms with E-state index >= 15 is 0 Å². The van der Waals surface area contributed by atoms with Gasteiger partial charge in [0.05, 0.1) is 0 Å². The number of benzene rings is 3. The molecule has 55 heavy (non-hydrogen) atoms.